The number of guanidine groups is 1. The Labute approximate surface area is 160 Å². The van der Waals surface area contributed by atoms with Crippen LogP contribution in [0.3, 0.4) is 0 Å². The number of thiazole rings is 1. The third-order valence-corrected chi connectivity index (χ3v) is 4.88. The van der Waals surface area contributed by atoms with Gasteiger partial charge in [0.15, 0.2) is 5.96 Å². The predicted molar refractivity (Wildman–Crippen MR) is 102 cm³/mol. The molecule has 2 aromatic rings. The van der Waals surface area contributed by atoms with Crippen molar-refractivity contribution in [2.75, 3.05) is 26.7 Å². The zero-order valence-corrected chi connectivity index (χ0v) is 16.3. The van der Waals surface area contributed by atoms with Gasteiger partial charge in [-0.3, -0.25) is 4.99 Å². The Balaban J connectivity index is 1.70. The number of benzene rings is 1. The number of hydrogen-bond acceptors (Lipinski definition) is 4. The van der Waals surface area contributed by atoms with E-state index in [1.165, 1.54) is 17.0 Å². The van der Waals surface area contributed by atoms with E-state index in [4.69, 9.17) is 4.74 Å². The zero-order chi connectivity index (χ0) is 19.9. The van der Waals surface area contributed by atoms with Crippen LogP contribution in [-0.2, 0) is 12.6 Å². The second kappa shape index (κ2) is 9.59. The normalized spacial score (nSPS) is 12.1. The van der Waals surface area contributed by atoms with Crippen molar-refractivity contribution in [2.24, 2.45) is 4.99 Å². The van der Waals surface area contributed by atoms with Gasteiger partial charge in [0.2, 0.25) is 0 Å². The molecule has 0 radical (unpaired) electrons. The van der Waals surface area contributed by atoms with Crippen LogP contribution in [0.1, 0.15) is 21.1 Å². The van der Waals surface area contributed by atoms with E-state index in [1.54, 1.807) is 18.4 Å². The lowest BCUT2D eigenvalue weighted by molar-refractivity contribution is -0.137. The molecular weight excluding hydrogens is 377 g/mol. The van der Waals surface area contributed by atoms with Crippen LogP contribution in [0.15, 0.2) is 29.3 Å². The molecule has 0 saturated heterocycles. The van der Waals surface area contributed by atoms with Gasteiger partial charge in [-0.05, 0) is 32.0 Å². The van der Waals surface area contributed by atoms with Crippen molar-refractivity contribution in [2.45, 2.75) is 26.4 Å². The number of aromatic nitrogens is 1. The van der Waals surface area contributed by atoms with Gasteiger partial charge in [-0.25, -0.2) is 4.98 Å². The number of nitrogens with one attached hydrogen (secondary N) is 2. The lowest BCUT2D eigenvalue weighted by Gasteiger charge is -2.13. The molecule has 0 spiro atoms. The molecule has 148 valence electrons. The van der Waals surface area contributed by atoms with E-state index in [2.05, 4.69) is 27.5 Å². The quantitative estimate of drug-likeness (QED) is 0.424. The fraction of sp³-hybridized carbons (Fsp3) is 0.444. The van der Waals surface area contributed by atoms with Gasteiger partial charge in [0, 0.05) is 24.9 Å². The van der Waals surface area contributed by atoms with Crippen LogP contribution in [0.25, 0.3) is 0 Å². The van der Waals surface area contributed by atoms with Crippen molar-refractivity contribution >= 4 is 17.3 Å². The molecule has 2 N–H and O–H groups in total. The summed E-state index contributed by atoms with van der Waals surface area (Å²) in [5, 5.41) is 7.31. The Kier molecular flexibility index (Phi) is 7.46. The van der Waals surface area contributed by atoms with Crippen LogP contribution in [0, 0.1) is 13.8 Å². The minimum Gasteiger partial charge on any atom is -0.492 e. The third kappa shape index (κ3) is 6.74. The van der Waals surface area contributed by atoms with E-state index in [1.807, 2.05) is 6.92 Å². The summed E-state index contributed by atoms with van der Waals surface area (Å²) in [6.45, 7) is 5.35. The van der Waals surface area contributed by atoms with Gasteiger partial charge in [-0.15, -0.1) is 11.3 Å². The Morgan fingerprint density at radius 2 is 1.96 bits per heavy atom. The first-order valence-electron chi connectivity index (χ1n) is 8.47. The number of ether oxygens (including phenoxy) is 1. The summed E-state index contributed by atoms with van der Waals surface area (Å²) in [5.74, 6) is 0.789. The Bertz CT molecular complexity index is 755. The van der Waals surface area contributed by atoms with E-state index >= 15 is 0 Å². The number of alkyl halides is 3. The number of nitrogens with zero attached hydrogens (tertiary/aromatic N) is 2. The number of rotatable bonds is 7. The van der Waals surface area contributed by atoms with Gasteiger partial charge >= 0.3 is 6.18 Å². The maximum absolute atomic E-state index is 12.7. The van der Waals surface area contributed by atoms with Crippen molar-refractivity contribution in [3.05, 3.63) is 45.4 Å². The molecule has 0 unspecified atom stereocenters. The van der Waals surface area contributed by atoms with Crippen molar-refractivity contribution in [1.29, 1.82) is 0 Å². The molecule has 0 aliphatic carbocycles. The van der Waals surface area contributed by atoms with Gasteiger partial charge in [0.1, 0.15) is 12.4 Å². The predicted octanol–water partition coefficient (Wildman–Crippen LogP) is 3.57. The van der Waals surface area contributed by atoms with E-state index in [9.17, 15) is 13.2 Å². The van der Waals surface area contributed by atoms with Crippen LogP contribution in [0.4, 0.5) is 13.2 Å². The smallest absolute Gasteiger partial charge is 0.416 e. The van der Waals surface area contributed by atoms with Crippen LogP contribution < -0.4 is 15.4 Å². The molecule has 1 aromatic heterocycles. The first-order chi connectivity index (χ1) is 12.8. The van der Waals surface area contributed by atoms with Crippen LogP contribution >= 0.6 is 11.3 Å². The van der Waals surface area contributed by atoms with E-state index < -0.39 is 11.7 Å². The number of aliphatic imine (C=N–C) groups is 1. The summed E-state index contributed by atoms with van der Waals surface area (Å²) >= 11 is 1.68. The number of aryl methyl sites for hydroxylation is 2. The highest BCUT2D eigenvalue weighted by Gasteiger charge is 2.30. The average molecular weight is 400 g/mol. The molecule has 0 aliphatic rings. The van der Waals surface area contributed by atoms with Gasteiger partial charge in [-0.2, -0.15) is 13.2 Å². The lowest BCUT2D eigenvalue weighted by Crippen LogP contribution is -2.40. The van der Waals surface area contributed by atoms with Gasteiger partial charge < -0.3 is 15.4 Å². The standard InChI is InChI=1S/C18H23F3N4OS/c1-12-13(2)27-16(25-12)7-8-23-17(22-3)24-9-10-26-15-6-4-5-14(11-15)18(19,20)21/h4-6,11H,7-10H2,1-3H3,(H2,22,23,24). The van der Waals surface area contributed by atoms with Crippen LogP contribution in [0.2, 0.25) is 0 Å². The zero-order valence-electron chi connectivity index (χ0n) is 15.5. The molecule has 0 amide bonds. The Morgan fingerprint density at radius 3 is 2.59 bits per heavy atom. The molecule has 2 rings (SSSR count). The number of hydrogen-bond donors (Lipinski definition) is 2. The Hall–Kier alpha value is -2.29. The molecule has 0 bridgehead atoms. The van der Waals surface area contributed by atoms with E-state index in [0.717, 1.165) is 29.3 Å². The van der Waals surface area contributed by atoms with Gasteiger partial charge in [0.25, 0.3) is 0 Å². The maximum atomic E-state index is 12.7. The molecule has 1 heterocycles. The molecule has 9 heteroatoms. The molecule has 0 aliphatic heterocycles. The molecule has 0 saturated carbocycles. The largest absolute Gasteiger partial charge is 0.492 e. The van der Waals surface area contributed by atoms with Crippen molar-refractivity contribution in [3.63, 3.8) is 0 Å². The lowest BCUT2D eigenvalue weighted by atomic mass is 10.2. The minimum atomic E-state index is -4.38. The maximum Gasteiger partial charge on any atom is 0.416 e. The first-order valence-corrected chi connectivity index (χ1v) is 9.28. The summed E-state index contributed by atoms with van der Waals surface area (Å²) < 4.78 is 43.4. The highest BCUT2D eigenvalue weighted by atomic mass is 32.1. The van der Waals surface area contributed by atoms with Gasteiger partial charge in [-0.1, -0.05) is 6.07 Å². The second-order valence-electron chi connectivity index (χ2n) is 5.80. The van der Waals surface area contributed by atoms with Crippen molar-refractivity contribution in [3.8, 4) is 5.75 Å². The van der Waals surface area contributed by atoms with E-state index in [0.29, 0.717) is 19.0 Å². The monoisotopic (exact) mass is 400 g/mol. The summed E-state index contributed by atoms with van der Waals surface area (Å²) in [6.07, 6.45) is -3.58. The first kappa shape index (κ1) is 21.0. The molecule has 0 atom stereocenters. The topological polar surface area (TPSA) is 58.5 Å². The van der Waals surface area contributed by atoms with Crippen molar-refractivity contribution in [1.82, 2.24) is 15.6 Å². The Morgan fingerprint density at radius 1 is 1.22 bits per heavy atom. The summed E-state index contributed by atoms with van der Waals surface area (Å²) in [5.41, 5.74) is 0.336. The van der Waals surface area contributed by atoms with Gasteiger partial charge in [0.05, 0.1) is 22.8 Å². The number of halogens is 3. The fourth-order valence-corrected chi connectivity index (χ4v) is 3.19. The minimum absolute atomic E-state index is 0.184. The van der Waals surface area contributed by atoms with Crippen molar-refractivity contribution < 1.29 is 17.9 Å². The SMILES string of the molecule is CN=C(NCCOc1cccc(C(F)(F)F)c1)NCCc1nc(C)c(C)s1. The highest BCUT2D eigenvalue weighted by Crippen LogP contribution is 2.31. The molecule has 27 heavy (non-hydrogen) atoms. The average Bonchev–Trinajstić information content (AvgIpc) is 2.94. The molecule has 1 aromatic carbocycles. The highest BCUT2D eigenvalue weighted by molar-refractivity contribution is 7.11. The fourth-order valence-electron chi connectivity index (χ4n) is 2.26. The van der Waals surface area contributed by atoms with Crippen LogP contribution in [0.5, 0.6) is 5.75 Å². The second-order valence-corrected chi connectivity index (χ2v) is 7.09. The summed E-state index contributed by atoms with van der Waals surface area (Å²) in [6, 6.07) is 4.84. The molecule has 5 nitrogen and oxygen atoms in total. The van der Waals surface area contributed by atoms with E-state index in [-0.39, 0.29) is 12.4 Å². The molecular formula is C18H23F3N4OS. The summed E-state index contributed by atoms with van der Waals surface area (Å²) in [4.78, 5) is 9.81. The summed E-state index contributed by atoms with van der Waals surface area (Å²) in [7, 11) is 1.65. The molecule has 0 fully saturated rings. The third-order valence-electron chi connectivity index (χ3n) is 3.75. The van der Waals surface area contributed by atoms with Crippen LogP contribution in [-0.4, -0.2) is 37.7 Å².